The standard InChI is InChI=1S/C15H17N5O2S/c16-12(21)10-7-4-8-11(10)17-14(22)18-15-20-19-13(23-15)9-5-2-1-3-6-9/h1-3,5-6,10-11H,4,7-8H2,(H2,16,21)(H2,17,18,20,22). The van der Waals surface area contributed by atoms with Crippen LogP contribution in [0.15, 0.2) is 30.3 Å². The molecule has 2 aromatic rings. The number of nitrogens with zero attached hydrogens (tertiary/aromatic N) is 2. The lowest BCUT2D eigenvalue weighted by Gasteiger charge is -2.17. The van der Waals surface area contributed by atoms with E-state index >= 15 is 0 Å². The van der Waals surface area contributed by atoms with Crippen LogP contribution in [-0.4, -0.2) is 28.2 Å². The van der Waals surface area contributed by atoms with Gasteiger partial charge in [0, 0.05) is 11.6 Å². The average molecular weight is 331 g/mol. The van der Waals surface area contributed by atoms with Gasteiger partial charge in [0.1, 0.15) is 5.01 Å². The molecule has 1 aliphatic carbocycles. The fourth-order valence-corrected chi connectivity index (χ4v) is 3.49. The fourth-order valence-electron chi connectivity index (χ4n) is 2.75. The summed E-state index contributed by atoms with van der Waals surface area (Å²) in [6, 6.07) is 9.02. The molecule has 3 rings (SSSR count). The molecule has 1 aromatic carbocycles. The van der Waals surface area contributed by atoms with E-state index in [-0.39, 0.29) is 23.9 Å². The van der Waals surface area contributed by atoms with Crippen molar-refractivity contribution in [2.75, 3.05) is 5.32 Å². The van der Waals surface area contributed by atoms with E-state index in [1.807, 2.05) is 30.3 Å². The second-order valence-corrected chi connectivity index (χ2v) is 6.40. The highest BCUT2D eigenvalue weighted by Gasteiger charge is 2.32. The van der Waals surface area contributed by atoms with Gasteiger partial charge in [0.15, 0.2) is 0 Å². The first-order chi connectivity index (χ1) is 11.1. The van der Waals surface area contributed by atoms with Crippen molar-refractivity contribution in [3.8, 4) is 10.6 Å². The maximum absolute atomic E-state index is 12.0. The smallest absolute Gasteiger partial charge is 0.321 e. The van der Waals surface area contributed by atoms with E-state index in [0.717, 1.165) is 29.8 Å². The third-order valence-electron chi connectivity index (χ3n) is 3.86. The van der Waals surface area contributed by atoms with Crippen molar-refractivity contribution in [1.29, 1.82) is 0 Å². The summed E-state index contributed by atoms with van der Waals surface area (Å²) < 4.78 is 0. The average Bonchev–Trinajstić information content (AvgIpc) is 3.17. The second-order valence-electron chi connectivity index (χ2n) is 5.42. The minimum absolute atomic E-state index is 0.214. The van der Waals surface area contributed by atoms with Gasteiger partial charge >= 0.3 is 6.03 Å². The van der Waals surface area contributed by atoms with Crippen molar-refractivity contribution < 1.29 is 9.59 Å². The minimum atomic E-state index is -0.390. The molecule has 2 unspecified atom stereocenters. The Labute approximate surface area is 137 Å². The third-order valence-corrected chi connectivity index (χ3v) is 4.75. The number of hydrogen-bond acceptors (Lipinski definition) is 5. The van der Waals surface area contributed by atoms with E-state index in [9.17, 15) is 9.59 Å². The van der Waals surface area contributed by atoms with Crippen LogP contribution in [0.2, 0.25) is 0 Å². The zero-order chi connectivity index (χ0) is 16.2. The van der Waals surface area contributed by atoms with Crippen molar-refractivity contribution in [3.63, 3.8) is 0 Å². The molecule has 3 amide bonds. The Morgan fingerprint density at radius 3 is 2.70 bits per heavy atom. The number of nitrogens with one attached hydrogen (secondary N) is 2. The Morgan fingerprint density at radius 1 is 1.17 bits per heavy atom. The van der Waals surface area contributed by atoms with E-state index in [2.05, 4.69) is 20.8 Å². The van der Waals surface area contributed by atoms with Crippen LogP contribution < -0.4 is 16.4 Å². The summed E-state index contributed by atoms with van der Waals surface area (Å²) in [6.45, 7) is 0. The summed E-state index contributed by atoms with van der Waals surface area (Å²) in [5, 5.41) is 14.6. The molecule has 0 saturated heterocycles. The van der Waals surface area contributed by atoms with Crippen LogP contribution in [0.5, 0.6) is 0 Å². The quantitative estimate of drug-likeness (QED) is 0.795. The number of nitrogens with two attached hydrogens (primary N) is 1. The number of urea groups is 1. The second kappa shape index (κ2) is 6.74. The van der Waals surface area contributed by atoms with Gasteiger partial charge in [0.25, 0.3) is 0 Å². The van der Waals surface area contributed by atoms with E-state index in [1.165, 1.54) is 11.3 Å². The lowest BCUT2D eigenvalue weighted by Crippen LogP contribution is -2.44. The zero-order valence-electron chi connectivity index (χ0n) is 12.4. The number of primary amides is 1. The van der Waals surface area contributed by atoms with Crippen LogP contribution in [0.25, 0.3) is 10.6 Å². The largest absolute Gasteiger partial charge is 0.369 e. The van der Waals surface area contributed by atoms with Gasteiger partial charge < -0.3 is 11.1 Å². The van der Waals surface area contributed by atoms with Gasteiger partial charge in [-0.15, -0.1) is 10.2 Å². The topological polar surface area (TPSA) is 110 Å². The number of anilines is 1. The molecule has 120 valence electrons. The van der Waals surface area contributed by atoms with E-state index in [0.29, 0.717) is 5.13 Å². The molecule has 4 N–H and O–H groups in total. The number of benzene rings is 1. The number of hydrogen-bond donors (Lipinski definition) is 3. The number of rotatable bonds is 4. The van der Waals surface area contributed by atoms with Crippen LogP contribution in [0.3, 0.4) is 0 Å². The molecule has 1 saturated carbocycles. The molecule has 0 bridgehead atoms. The summed E-state index contributed by atoms with van der Waals surface area (Å²) in [7, 11) is 0. The van der Waals surface area contributed by atoms with Crippen molar-refractivity contribution in [3.05, 3.63) is 30.3 Å². The van der Waals surface area contributed by atoms with E-state index < -0.39 is 0 Å². The number of aromatic nitrogens is 2. The van der Waals surface area contributed by atoms with E-state index in [1.54, 1.807) is 0 Å². The van der Waals surface area contributed by atoms with Crippen molar-refractivity contribution >= 4 is 28.4 Å². The molecule has 1 aromatic heterocycles. The summed E-state index contributed by atoms with van der Waals surface area (Å²) in [4.78, 5) is 23.4. The Bertz CT molecular complexity index is 703. The Balaban J connectivity index is 1.60. The van der Waals surface area contributed by atoms with Crippen LogP contribution >= 0.6 is 11.3 Å². The van der Waals surface area contributed by atoms with Crippen molar-refractivity contribution in [2.24, 2.45) is 11.7 Å². The maximum atomic E-state index is 12.0. The molecule has 2 atom stereocenters. The minimum Gasteiger partial charge on any atom is -0.369 e. The predicted molar refractivity (Wildman–Crippen MR) is 87.8 cm³/mol. The molecule has 0 radical (unpaired) electrons. The SMILES string of the molecule is NC(=O)C1CCCC1NC(=O)Nc1nnc(-c2ccccc2)s1. The molecule has 1 fully saturated rings. The van der Waals surface area contributed by atoms with Crippen LogP contribution in [-0.2, 0) is 4.79 Å². The summed E-state index contributed by atoms with van der Waals surface area (Å²) in [6.07, 6.45) is 2.36. The van der Waals surface area contributed by atoms with Crippen molar-refractivity contribution in [1.82, 2.24) is 15.5 Å². The molecule has 1 heterocycles. The van der Waals surface area contributed by atoms with Crippen molar-refractivity contribution in [2.45, 2.75) is 25.3 Å². The van der Waals surface area contributed by atoms with Crippen LogP contribution in [0.1, 0.15) is 19.3 Å². The highest BCUT2D eigenvalue weighted by atomic mass is 32.1. The van der Waals surface area contributed by atoms with Gasteiger partial charge in [-0.25, -0.2) is 4.79 Å². The molecule has 0 aliphatic heterocycles. The molecule has 23 heavy (non-hydrogen) atoms. The van der Waals surface area contributed by atoms with Gasteiger partial charge in [-0.05, 0) is 12.8 Å². The Kier molecular flexibility index (Phi) is 4.52. The third kappa shape index (κ3) is 3.65. The van der Waals surface area contributed by atoms with Crippen LogP contribution in [0, 0.1) is 5.92 Å². The Morgan fingerprint density at radius 2 is 1.96 bits per heavy atom. The predicted octanol–water partition coefficient (Wildman–Crippen LogP) is 1.98. The van der Waals surface area contributed by atoms with Gasteiger partial charge in [-0.2, -0.15) is 0 Å². The van der Waals surface area contributed by atoms with Gasteiger partial charge in [-0.1, -0.05) is 48.1 Å². The highest BCUT2D eigenvalue weighted by Crippen LogP contribution is 2.27. The number of carbonyl (C=O) groups is 2. The van der Waals surface area contributed by atoms with Gasteiger partial charge in [0.05, 0.1) is 5.92 Å². The Hall–Kier alpha value is -2.48. The maximum Gasteiger partial charge on any atom is 0.321 e. The highest BCUT2D eigenvalue weighted by molar-refractivity contribution is 7.18. The van der Waals surface area contributed by atoms with Gasteiger partial charge in [-0.3, -0.25) is 10.1 Å². The van der Waals surface area contributed by atoms with E-state index in [4.69, 9.17) is 5.73 Å². The number of amides is 3. The first kappa shape index (κ1) is 15.4. The number of carbonyl (C=O) groups excluding carboxylic acids is 2. The first-order valence-corrected chi connectivity index (χ1v) is 8.21. The summed E-state index contributed by atoms with van der Waals surface area (Å²) in [5.74, 6) is -0.662. The molecular formula is C15H17N5O2S. The molecule has 8 heteroatoms. The molecule has 0 spiro atoms. The fraction of sp³-hybridized carbons (Fsp3) is 0.333. The molecular weight excluding hydrogens is 314 g/mol. The first-order valence-electron chi connectivity index (χ1n) is 7.39. The lowest BCUT2D eigenvalue weighted by atomic mass is 10.0. The molecule has 7 nitrogen and oxygen atoms in total. The molecule has 1 aliphatic rings. The normalized spacial score (nSPS) is 20.2. The summed E-state index contributed by atoms with van der Waals surface area (Å²) >= 11 is 1.29. The van der Waals surface area contributed by atoms with Gasteiger partial charge in [0.2, 0.25) is 11.0 Å². The zero-order valence-corrected chi connectivity index (χ0v) is 13.2. The van der Waals surface area contributed by atoms with Crippen LogP contribution in [0.4, 0.5) is 9.93 Å². The lowest BCUT2D eigenvalue weighted by molar-refractivity contribution is -0.122. The summed E-state index contributed by atoms with van der Waals surface area (Å²) in [5.41, 5.74) is 6.30. The monoisotopic (exact) mass is 331 g/mol.